The van der Waals surface area contributed by atoms with Crippen LogP contribution >= 0.6 is 0 Å². The summed E-state index contributed by atoms with van der Waals surface area (Å²) in [5.74, 6) is 0.986. The van der Waals surface area contributed by atoms with Gasteiger partial charge in [-0.2, -0.15) is 0 Å². The van der Waals surface area contributed by atoms with E-state index in [0.29, 0.717) is 18.2 Å². The summed E-state index contributed by atoms with van der Waals surface area (Å²) in [6.07, 6.45) is 5.63. The Morgan fingerprint density at radius 3 is 2.85 bits per heavy atom. The van der Waals surface area contributed by atoms with Gasteiger partial charge in [-0.25, -0.2) is 4.98 Å². The average Bonchev–Trinajstić information content (AvgIpc) is 3.11. The summed E-state index contributed by atoms with van der Waals surface area (Å²) >= 11 is 0. The smallest absolute Gasteiger partial charge is 0.276 e. The molecule has 3 aromatic rings. The lowest BCUT2D eigenvalue weighted by Crippen LogP contribution is -2.34. The molecule has 0 spiro atoms. The van der Waals surface area contributed by atoms with Crippen molar-refractivity contribution in [3.8, 4) is 5.75 Å². The summed E-state index contributed by atoms with van der Waals surface area (Å²) in [5.41, 5.74) is 3.82. The monoisotopic (exact) mass is 366 g/mol. The summed E-state index contributed by atoms with van der Waals surface area (Å²) in [5, 5.41) is 0. The topological polar surface area (TPSA) is 63.1 Å². The lowest BCUT2D eigenvalue weighted by Gasteiger charge is -2.33. The van der Waals surface area contributed by atoms with Crippen molar-refractivity contribution in [3.63, 3.8) is 0 Å². The molecule has 0 atom stereocenters. The fourth-order valence-electron chi connectivity index (χ4n) is 3.93. The highest BCUT2D eigenvalue weighted by atomic mass is 16.5. The van der Waals surface area contributed by atoms with Gasteiger partial charge < -0.3 is 14.3 Å². The Kier molecular flexibility index (Phi) is 4.99. The molecule has 1 aromatic carbocycles. The van der Waals surface area contributed by atoms with Crippen molar-refractivity contribution in [1.82, 2.24) is 19.4 Å². The van der Waals surface area contributed by atoms with E-state index in [1.807, 2.05) is 19.3 Å². The second kappa shape index (κ2) is 7.56. The van der Waals surface area contributed by atoms with Gasteiger partial charge in [0.25, 0.3) is 5.56 Å². The van der Waals surface area contributed by atoms with E-state index in [-0.39, 0.29) is 5.56 Å². The number of imidazole rings is 1. The van der Waals surface area contributed by atoms with Crippen molar-refractivity contribution >= 4 is 11.0 Å². The number of likely N-dealkylation sites (tertiary alicyclic amines) is 1. The highest BCUT2D eigenvalue weighted by Gasteiger charge is 2.22. The van der Waals surface area contributed by atoms with Crippen molar-refractivity contribution in [2.75, 3.05) is 19.7 Å². The van der Waals surface area contributed by atoms with Crippen LogP contribution < -0.4 is 10.3 Å². The van der Waals surface area contributed by atoms with E-state index in [0.717, 1.165) is 43.7 Å². The van der Waals surface area contributed by atoms with Crippen LogP contribution in [0.1, 0.15) is 36.9 Å². The molecular formula is C21H26N4O2. The third-order valence-electron chi connectivity index (χ3n) is 5.41. The summed E-state index contributed by atoms with van der Waals surface area (Å²) < 4.78 is 7.89. The molecule has 0 bridgehead atoms. The SMILES string of the molecule is CCOc1cc(CN2CCC(n3cnc4c(=O)[nH]ccc43)CC2)ccc1C. The molecule has 142 valence electrons. The van der Waals surface area contributed by atoms with Gasteiger partial charge in [-0.1, -0.05) is 12.1 Å². The maximum atomic E-state index is 11.9. The quantitative estimate of drug-likeness (QED) is 0.753. The lowest BCUT2D eigenvalue weighted by atomic mass is 10.0. The summed E-state index contributed by atoms with van der Waals surface area (Å²) in [6.45, 7) is 7.80. The van der Waals surface area contributed by atoms with E-state index in [4.69, 9.17) is 4.74 Å². The molecule has 0 aliphatic carbocycles. The molecule has 0 radical (unpaired) electrons. The van der Waals surface area contributed by atoms with Gasteiger partial charge in [0.1, 0.15) is 5.75 Å². The standard InChI is InChI=1S/C21H26N4O2/c1-3-27-19-12-16(5-4-15(19)2)13-24-10-7-17(8-11-24)25-14-23-20-18(25)6-9-22-21(20)26/h4-6,9,12,14,17H,3,7-8,10-11,13H2,1-2H3,(H,22,26). The molecule has 6 nitrogen and oxygen atoms in total. The number of nitrogens with one attached hydrogen (secondary N) is 1. The van der Waals surface area contributed by atoms with E-state index >= 15 is 0 Å². The highest BCUT2D eigenvalue weighted by molar-refractivity contribution is 5.73. The van der Waals surface area contributed by atoms with Gasteiger partial charge in [0.2, 0.25) is 0 Å². The molecule has 0 saturated carbocycles. The van der Waals surface area contributed by atoms with Crippen LogP contribution in [0.15, 0.2) is 41.6 Å². The van der Waals surface area contributed by atoms with Crippen molar-refractivity contribution < 1.29 is 4.74 Å². The first-order valence-corrected chi connectivity index (χ1v) is 9.64. The fourth-order valence-corrected chi connectivity index (χ4v) is 3.93. The first-order chi connectivity index (χ1) is 13.2. The van der Waals surface area contributed by atoms with Gasteiger partial charge in [-0.3, -0.25) is 9.69 Å². The van der Waals surface area contributed by atoms with Crippen LogP contribution in [0.2, 0.25) is 0 Å². The van der Waals surface area contributed by atoms with Crippen molar-refractivity contribution in [2.24, 2.45) is 0 Å². The average molecular weight is 366 g/mol. The van der Waals surface area contributed by atoms with Gasteiger partial charge in [0, 0.05) is 31.9 Å². The number of hydrogen-bond acceptors (Lipinski definition) is 4. The number of nitrogens with zero attached hydrogens (tertiary/aromatic N) is 3. The molecule has 1 aliphatic rings. The van der Waals surface area contributed by atoms with Crippen molar-refractivity contribution in [3.05, 3.63) is 58.3 Å². The van der Waals surface area contributed by atoms with Crippen LogP contribution in [-0.2, 0) is 6.54 Å². The van der Waals surface area contributed by atoms with Crippen molar-refractivity contribution in [2.45, 2.75) is 39.3 Å². The number of pyridine rings is 1. The second-order valence-corrected chi connectivity index (χ2v) is 7.23. The number of benzene rings is 1. The predicted molar refractivity (Wildman–Crippen MR) is 106 cm³/mol. The predicted octanol–water partition coefficient (Wildman–Crippen LogP) is 3.27. The normalized spacial score (nSPS) is 16.1. The second-order valence-electron chi connectivity index (χ2n) is 7.23. The number of aromatic amines is 1. The van der Waals surface area contributed by atoms with Crippen LogP contribution in [-0.4, -0.2) is 39.1 Å². The van der Waals surface area contributed by atoms with Gasteiger partial charge in [-0.05, 0) is 49.9 Å². The molecule has 4 rings (SSSR count). The zero-order valence-electron chi connectivity index (χ0n) is 15.9. The number of hydrogen-bond donors (Lipinski definition) is 1. The Bertz CT molecular complexity index is 983. The molecule has 1 saturated heterocycles. The number of fused-ring (bicyclic) bond motifs is 1. The molecule has 27 heavy (non-hydrogen) atoms. The minimum atomic E-state index is -0.117. The van der Waals surface area contributed by atoms with Crippen molar-refractivity contribution in [1.29, 1.82) is 0 Å². The molecule has 2 aromatic heterocycles. The molecule has 1 aliphatic heterocycles. The number of H-pyrrole nitrogens is 1. The van der Waals surface area contributed by atoms with Crippen LogP contribution in [0.4, 0.5) is 0 Å². The van der Waals surface area contributed by atoms with Gasteiger partial charge in [-0.15, -0.1) is 0 Å². The molecule has 0 amide bonds. The Hall–Kier alpha value is -2.60. The lowest BCUT2D eigenvalue weighted by molar-refractivity contribution is 0.181. The molecule has 0 unspecified atom stereocenters. The molecule has 1 N–H and O–H groups in total. The van der Waals surface area contributed by atoms with Gasteiger partial charge in [0.15, 0.2) is 5.52 Å². The third-order valence-corrected chi connectivity index (χ3v) is 5.41. The number of ether oxygens (including phenoxy) is 1. The zero-order chi connectivity index (χ0) is 18.8. The maximum absolute atomic E-state index is 11.9. The number of aromatic nitrogens is 3. The summed E-state index contributed by atoms with van der Waals surface area (Å²) in [6, 6.07) is 8.84. The number of piperidine rings is 1. The van der Waals surface area contributed by atoms with Crippen LogP contribution in [0, 0.1) is 6.92 Å². The van der Waals surface area contributed by atoms with Crippen LogP contribution in [0.5, 0.6) is 5.75 Å². The maximum Gasteiger partial charge on any atom is 0.276 e. The number of aryl methyl sites for hydroxylation is 1. The summed E-state index contributed by atoms with van der Waals surface area (Å²) in [7, 11) is 0. The van der Waals surface area contributed by atoms with Crippen LogP contribution in [0.25, 0.3) is 11.0 Å². The molecular weight excluding hydrogens is 340 g/mol. The van der Waals surface area contributed by atoms with E-state index in [1.165, 1.54) is 11.1 Å². The van der Waals surface area contributed by atoms with Crippen LogP contribution in [0.3, 0.4) is 0 Å². The Morgan fingerprint density at radius 1 is 1.26 bits per heavy atom. The van der Waals surface area contributed by atoms with E-state index < -0.39 is 0 Å². The van der Waals surface area contributed by atoms with E-state index in [9.17, 15) is 4.79 Å². The first kappa shape index (κ1) is 17.8. The zero-order valence-corrected chi connectivity index (χ0v) is 15.9. The Morgan fingerprint density at radius 2 is 2.07 bits per heavy atom. The number of rotatable bonds is 5. The molecule has 1 fully saturated rings. The van der Waals surface area contributed by atoms with Gasteiger partial charge >= 0.3 is 0 Å². The Balaban J connectivity index is 1.42. The fraction of sp³-hybridized carbons (Fsp3) is 0.429. The highest BCUT2D eigenvalue weighted by Crippen LogP contribution is 2.27. The van der Waals surface area contributed by atoms with Gasteiger partial charge in [0.05, 0.1) is 18.5 Å². The Labute approximate surface area is 158 Å². The molecule has 3 heterocycles. The first-order valence-electron chi connectivity index (χ1n) is 9.64. The summed E-state index contributed by atoms with van der Waals surface area (Å²) in [4.78, 5) is 21.4. The minimum Gasteiger partial charge on any atom is -0.494 e. The van der Waals surface area contributed by atoms with E-state index in [2.05, 4.69) is 44.6 Å². The minimum absolute atomic E-state index is 0.117. The third kappa shape index (κ3) is 3.62. The molecule has 6 heteroatoms. The van der Waals surface area contributed by atoms with E-state index in [1.54, 1.807) is 6.20 Å². The largest absolute Gasteiger partial charge is 0.494 e.